The lowest BCUT2D eigenvalue weighted by Gasteiger charge is -2.20. The smallest absolute Gasteiger partial charge is 0.00470 e. The van der Waals surface area contributed by atoms with Crippen LogP contribution in [0.15, 0.2) is 0 Å². The van der Waals surface area contributed by atoms with E-state index in [1.807, 2.05) is 0 Å². The van der Waals surface area contributed by atoms with Crippen molar-refractivity contribution in [3.8, 4) is 0 Å². The van der Waals surface area contributed by atoms with Crippen molar-refractivity contribution >= 4 is 11.8 Å². The zero-order valence-electron chi connectivity index (χ0n) is 8.80. The third-order valence-corrected chi connectivity index (χ3v) is 4.18. The summed E-state index contributed by atoms with van der Waals surface area (Å²) in [6.45, 7) is 2.10. The first-order chi connectivity index (χ1) is 6.29. The average Bonchev–Trinajstić information content (AvgIpc) is 2.14. The quantitative estimate of drug-likeness (QED) is 0.691. The average molecular weight is 201 g/mol. The van der Waals surface area contributed by atoms with E-state index >= 15 is 0 Å². The van der Waals surface area contributed by atoms with Crippen molar-refractivity contribution in [2.75, 3.05) is 5.75 Å². The summed E-state index contributed by atoms with van der Waals surface area (Å²) in [5.41, 5.74) is 5.70. The highest BCUT2D eigenvalue weighted by atomic mass is 32.2. The molecule has 0 spiro atoms. The highest BCUT2D eigenvalue weighted by molar-refractivity contribution is 7.99. The molecule has 1 fully saturated rings. The molecular formula is C11H23NS. The van der Waals surface area contributed by atoms with E-state index in [1.54, 1.807) is 0 Å². The fourth-order valence-corrected chi connectivity index (χ4v) is 3.22. The maximum Gasteiger partial charge on any atom is 0.00470 e. The van der Waals surface area contributed by atoms with Crippen molar-refractivity contribution < 1.29 is 0 Å². The SMILES string of the molecule is CC(N)CCCSC1CCCCC1. The first kappa shape index (κ1) is 11.4. The van der Waals surface area contributed by atoms with E-state index in [9.17, 15) is 0 Å². The molecule has 0 radical (unpaired) electrons. The summed E-state index contributed by atoms with van der Waals surface area (Å²) in [6.07, 6.45) is 9.82. The van der Waals surface area contributed by atoms with Gasteiger partial charge in [-0.2, -0.15) is 11.8 Å². The third kappa shape index (κ3) is 5.58. The molecule has 1 nitrogen and oxygen atoms in total. The second-order valence-electron chi connectivity index (χ2n) is 4.25. The molecule has 13 heavy (non-hydrogen) atoms. The van der Waals surface area contributed by atoms with Gasteiger partial charge in [0.2, 0.25) is 0 Å². The lowest BCUT2D eigenvalue weighted by molar-refractivity contribution is 0.515. The molecule has 0 aromatic rings. The van der Waals surface area contributed by atoms with Gasteiger partial charge in [0, 0.05) is 11.3 Å². The molecule has 1 aliphatic carbocycles. The molecule has 78 valence electrons. The van der Waals surface area contributed by atoms with Crippen molar-refractivity contribution in [2.45, 2.75) is 63.2 Å². The predicted octanol–water partition coefficient (Wildman–Crippen LogP) is 3.18. The molecule has 0 saturated heterocycles. The van der Waals surface area contributed by atoms with Crippen LogP contribution in [0.5, 0.6) is 0 Å². The molecule has 2 N–H and O–H groups in total. The number of rotatable bonds is 5. The summed E-state index contributed by atoms with van der Waals surface area (Å²) in [5.74, 6) is 1.33. The zero-order chi connectivity index (χ0) is 9.52. The predicted molar refractivity (Wildman–Crippen MR) is 62.2 cm³/mol. The third-order valence-electron chi connectivity index (χ3n) is 2.71. The van der Waals surface area contributed by atoms with Crippen LogP contribution in [0.2, 0.25) is 0 Å². The summed E-state index contributed by atoms with van der Waals surface area (Å²) in [6, 6.07) is 0.395. The minimum Gasteiger partial charge on any atom is -0.328 e. The number of nitrogens with two attached hydrogens (primary N) is 1. The van der Waals surface area contributed by atoms with Gasteiger partial charge in [-0.1, -0.05) is 19.3 Å². The molecule has 1 atom stereocenters. The minimum absolute atomic E-state index is 0.395. The number of hydrogen-bond donors (Lipinski definition) is 1. The van der Waals surface area contributed by atoms with Gasteiger partial charge < -0.3 is 5.73 Å². The Morgan fingerprint density at radius 2 is 2.00 bits per heavy atom. The summed E-state index contributed by atoms with van der Waals surface area (Å²) in [5, 5.41) is 0.974. The Bertz CT molecular complexity index is 119. The van der Waals surface area contributed by atoms with Gasteiger partial charge in [0.15, 0.2) is 0 Å². The second-order valence-corrected chi connectivity index (χ2v) is 5.66. The van der Waals surface area contributed by atoms with Crippen molar-refractivity contribution in [2.24, 2.45) is 5.73 Å². The van der Waals surface area contributed by atoms with E-state index in [4.69, 9.17) is 5.73 Å². The molecule has 1 unspecified atom stereocenters. The van der Waals surface area contributed by atoms with Crippen LogP contribution in [-0.4, -0.2) is 17.0 Å². The van der Waals surface area contributed by atoms with Crippen molar-refractivity contribution in [3.05, 3.63) is 0 Å². The lowest BCUT2D eigenvalue weighted by atomic mass is 10.0. The molecule has 0 heterocycles. The molecule has 0 aromatic heterocycles. The van der Waals surface area contributed by atoms with E-state index in [0.29, 0.717) is 6.04 Å². The van der Waals surface area contributed by atoms with Crippen LogP contribution in [0.1, 0.15) is 51.9 Å². The van der Waals surface area contributed by atoms with Crippen LogP contribution >= 0.6 is 11.8 Å². The lowest BCUT2D eigenvalue weighted by Crippen LogP contribution is -2.15. The highest BCUT2D eigenvalue weighted by Crippen LogP contribution is 2.28. The molecular weight excluding hydrogens is 178 g/mol. The van der Waals surface area contributed by atoms with Crippen LogP contribution in [0.3, 0.4) is 0 Å². The Kier molecular flexibility index (Phi) is 5.88. The van der Waals surface area contributed by atoms with Crippen molar-refractivity contribution in [1.82, 2.24) is 0 Å². The van der Waals surface area contributed by atoms with Gasteiger partial charge >= 0.3 is 0 Å². The summed E-state index contributed by atoms with van der Waals surface area (Å²) < 4.78 is 0. The summed E-state index contributed by atoms with van der Waals surface area (Å²) in [4.78, 5) is 0. The van der Waals surface area contributed by atoms with Crippen LogP contribution in [-0.2, 0) is 0 Å². The van der Waals surface area contributed by atoms with Gasteiger partial charge in [0.05, 0.1) is 0 Å². The van der Waals surface area contributed by atoms with E-state index < -0.39 is 0 Å². The zero-order valence-corrected chi connectivity index (χ0v) is 9.61. The fraction of sp³-hybridized carbons (Fsp3) is 1.00. The maximum atomic E-state index is 5.70. The molecule has 0 aromatic carbocycles. The fourth-order valence-electron chi connectivity index (χ4n) is 1.89. The topological polar surface area (TPSA) is 26.0 Å². The van der Waals surface area contributed by atoms with Crippen LogP contribution in [0.25, 0.3) is 0 Å². The second kappa shape index (κ2) is 6.72. The normalized spacial score (nSPS) is 21.7. The van der Waals surface area contributed by atoms with E-state index in [2.05, 4.69) is 18.7 Å². The number of thioether (sulfide) groups is 1. The molecule has 0 bridgehead atoms. The first-order valence-corrected chi connectivity index (χ1v) is 6.71. The van der Waals surface area contributed by atoms with E-state index in [1.165, 1.54) is 50.7 Å². The van der Waals surface area contributed by atoms with E-state index in [-0.39, 0.29) is 0 Å². The Morgan fingerprint density at radius 1 is 1.31 bits per heavy atom. The van der Waals surface area contributed by atoms with Crippen LogP contribution in [0.4, 0.5) is 0 Å². The monoisotopic (exact) mass is 201 g/mol. The van der Waals surface area contributed by atoms with Gasteiger partial charge in [-0.3, -0.25) is 0 Å². The Balaban J connectivity index is 1.92. The van der Waals surface area contributed by atoms with Crippen molar-refractivity contribution in [3.63, 3.8) is 0 Å². The number of hydrogen-bond acceptors (Lipinski definition) is 2. The highest BCUT2D eigenvalue weighted by Gasteiger charge is 2.12. The summed E-state index contributed by atoms with van der Waals surface area (Å²) in [7, 11) is 0. The van der Waals surface area contributed by atoms with Gasteiger partial charge in [0.1, 0.15) is 0 Å². The summed E-state index contributed by atoms with van der Waals surface area (Å²) >= 11 is 2.18. The molecule has 0 aliphatic heterocycles. The maximum absolute atomic E-state index is 5.70. The Hall–Kier alpha value is 0.310. The van der Waals surface area contributed by atoms with Gasteiger partial charge in [-0.25, -0.2) is 0 Å². The molecule has 2 heteroatoms. The largest absolute Gasteiger partial charge is 0.328 e. The molecule has 0 amide bonds. The Labute approximate surface area is 86.8 Å². The molecule has 1 rings (SSSR count). The van der Waals surface area contributed by atoms with Crippen molar-refractivity contribution in [1.29, 1.82) is 0 Å². The van der Waals surface area contributed by atoms with Gasteiger partial charge in [-0.05, 0) is 38.4 Å². The van der Waals surface area contributed by atoms with E-state index in [0.717, 1.165) is 5.25 Å². The minimum atomic E-state index is 0.395. The van der Waals surface area contributed by atoms with Crippen LogP contribution < -0.4 is 5.73 Å². The molecule has 1 aliphatic rings. The van der Waals surface area contributed by atoms with Gasteiger partial charge in [0.25, 0.3) is 0 Å². The standard InChI is InChI=1S/C11H23NS/c1-10(12)6-5-9-13-11-7-3-2-4-8-11/h10-11H,2-9,12H2,1H3. The van der Waals surface area contributed by atoms with Crippen LogP contribution in [0, 0.1) is 0 Å². The van der Waals surface area contributed by atoms with Gasteiger partial charge in [-0.15, -0.1) is 0 Å². The molecule has 1 saturated carbocycles. The Morgan fingerprint density at radius 3 is 2.62 bits per heavy atom. The first-order valence-electron chi connectivity index (χ1n) is 5.66.